The summed E-state index contributed by atoms with van der Waals surface area (Å²) in [6.07, 6.45) is 2.81. The molecule has 2 heterocycles. The quantitative estimate of drug-likeness (QED) is 0.738. The maximum atomic E-state index is 12.5. The molecule has 0 bridgehead atoms. The van der Waals surface area contributed by atoms with E-state index in [0.29, 0.717) is 16.6 Å². The highest BCUT2D eigenvalue weighted by atomic mass is 19.3. The summed E-state index contributed by atoms with van der Waals surface area (Å²) in [5.41, 5.74) is 1.55. The zero-order valence-electron chi connectivity index (χ0n) is 12.5. The van der Waals surface area contributed by atoms with Crippen molar-refractivity contribution < 1.29 is 13.5 Å². The minimum Gasteiger partial charge on any atom is -0.434 e. The van der Waals surface area contributed by atoms with E-state index in [9.17, 15) is 13.6 Å². The molecule has 0 amide bonds. The standard InChI is InChI=1S/C15H14F2N4O2/c1-9-3-4-12(23-15(16)17)10(5-9)7-21-8-18-13-11(14(21)22)6-19-20(13)2/h3-6,8,15H,7H2,1-2H3. The van der Waals surface area contributed by atoms with Gasteiger partial charge in [-0.15, -0.1) is 0 Å². The average molecular weight is 320 g/mol. The summed E-state index contributed by atoms with van der Waals surface area (Å²) in [6.45, 7) is -1.01. The smallest absolute Gasteiger partial charge is 0.387 e. The van der Waals surface area contributed by atoms with E-state index in [-0.39, 0.29) is 17.9 Å². The van der Waals surface area contributed by atoms with Gasteiger partial charge >= 0.3 is 6.61 Å². The lowest BCUT2D eigenvalue weighted by Crippen LogP contribution is -2.21. The first-order valence-electron chi connectivity index (χ1n) is 6.87. The molecular weight excluding hydrogens is 306 g/mol. The second-order valence-electron chi connectivity index (χ2n) is 5.17. The Morgan fingerprint density at radius 2 is 2.13 bits per heavy atom. The van der Waals surface area contributed by atoms with Crippen LogP contribution in [0.4, 0.5) is 8.78 Å². The lowest BCUT2D eigenvalue weighted by molar-refractivity contribution is -0.0505. The topological polar surface area (TPSA) is 61.9 Å². The summed E-state index contributed by atoms with van der Waals surface area (Å²) in [4.78, 5) is 16.6. The minimum atomic E-state index is -2.92. The summed E-state index contributed by atoms with van der Waals surface area (Å²) in [6, 6.07) is 4.85. The number of alkyl halides is 2. The Labute approximate surface area is 129 Å². The number of nitrogens with zero attached hydrogens (tertiary/aromatic N) is 4. The summed E-state index contributed by atoms with van der Waals surface area (Å²) in [5.74, 6) is 0.0452. The first kappa shape index (κ1) is 15.1. The van der Waals surface area contributed by atoms with Gasteiger partial charge in [0.1, 0.15) is 17.5 Å². The van der Waals surface area contributed by atoms with Crippen LogP contribution in [0.15, 0.2) is 35.5 Å². The zero-order chi connectivity index (χ0) is 16.6. The highest BCUT2D eigenvalue weighted by Crippen LogP contribution is 2.22. The Balaban J connectivity index is 2.03. The Hall–Kier alpha value is -2.77. The third-order valence-electron chi connectivity index (χ3n) is 3.49. The van der Waals surface area contributed by atoms with Crippen LogP contribution in [0.3, 0.4) is 0 Å². The van der Waals surface area contributed by atoms with Crippen LogP contribution in [0.25, 0.3) is 11.0 Å². The van der Waals surface area contributed by atoms with E-state index in [4.69, 9.17) is 0 Å². The van der Waals surface area contributed by atoms with Crippen LogP contribution < -0.4 is 10.3 Å². The van der Waals surface area contributed by atoms with Crippen LogP contribution in [-0.4, -0.2) is 25.9 Å². The molecule has 0 aliphatic heterocycles. The molecule has 0 aliphatic carbocycles. The predicted octanol–water partition coefficient (Wildman–Crippen LogP) is 2.09. The predicted molar refractivity (Wildman–Crippen MR) is 79.7 cm³/mol. The second kappa shape index (κ2) is 5.79. The van der Waals surface area contributed by atoms with Crippen molar-refractivity contribution in [2.75, 3.05) is 0 Å². The molecule has 0 aliphatic rings. The molecular formula is C15H14F2N4O2. The van der Waals surface area contributed by atoms with E-state index in [1.807, 2.05) is 6.92 Å². The highest BCUT2D eigenvalue weighted by Gasteiger charge is 2.13. The van der Waals surface area contributed by atoms with Gasteiger partial charge in [-0.1, -0.05) is 17.7 Å². The number of hydrogen-bond donors (Lipinski definition) is 0. The van der Waals surface area contributed by atoms with Crippen LogP contribution in [0.5, 0.6) is 5.75 Å². The zero-order valence-corrected chi connectivity index (χ0v) is 12.5. The summed E-state index contributed by atoms with van der Waals surface area (Å²) in [5, 5.41) is 4.37. The largest absolute Gasteiger partial charge is 0.434 e. The lowest BCUT2D eigenvalue weighted by atomic mass is 10.1. The maximum absolute atomic E-state index is 12.5. The number of benzene rings is 1. The molecule has 6 nitrogen and oxygen atoms in total. The van der Waals surface area contributed by atoms with Gasteiger partial charge < -0.3 is 4.74 Å². The molecule has 0 fully saturated rings. The monoisotopic (exact) mass is 320 g/mol. The van der Waals surface area contributed by atoms with Gasteiger partial charge in [0, 0.05) is 12.6 Å². The van der Waals surface area contributed by atoms with Gasteiger partial charge in [0.2, 0.25) is 0 Å². The third-order valence-corrected chi connectivity index (χ3v) is 3.49. The fraction of sp³-hybridized carbons (Fsp3) is 0.267. The molecule has 8 heteroatoms. The maximum Gasteiger partial charge on any atom is 0.387 e. The molecule has 120 valence electrons. The normalized spacial score (nSPS) is 11.3. The molecule has 3 rings (SSSR count). The molecule has 23 heavy (non-hydrogen) atoms. The number of ether oxygens (including phenoxy) is 1. The van der Waals surface area contributed by atoms with E-state index >= 15 is 0 Å². The molecule has 0 unspecified atom stereocenters. The van der Waals surface area contributed by atoms with Crippen LogP contribution >= 0.6 is 0 Å². The summed E-state index contributed by atoms with van der Waals surface area (Å²) < 4.78 is 32.4. The van der Waals surface area contributed by atoms with E-state index < -0.39 is 6.61 Å². The van der Waals surface area contributed by atoms with Crippen molar-refractivity contribution >= 4 is 11.0 Å². The number of hydrogen-bond acceptors (Lipinski definition) is 4. The number of aryl methyl sites for hydroxylation is 2. The van der Waals surface area contributed by atoms with Crippen molar-refractivity contribution in [3.8, 4) is 5.75 Å². The molecule has 0 atom stereocenters. The van der Waals surface area contributed by atoms with Gasteiger partial charge in [0.25, 0.3) is 5.56 Å². The molecule has 0 spiro atoms. The Morgan fingerprint density at radius 1 is 1.35 bits per heavy atom. The van der Waals surface area contributed by atoms with Crippen molar-refractivity contribution in [2.45, 2.75) is 20.1 Å². The third kappa shape index (κ3) is 2.92. The van der Waals surface area contributed by atoms with E-state index in [0.717, 1.165) is 5.56 Å². The molecule has 2 aromatic heterocycles. The van der Waals surface area contributed by atoms with E-state index in [1.54, 1.807) is 19.2 Å². The Kier molecular flexibility index (Phi) is 3.81. The van der Waals surface area contributed by atoms with Crippen molar-refractivity contribution in [1.82, 2.24) is 19.3 Å². The fourth-order valence-electron chi connectivity index (χ4n) is 2.41. The molecule has 1 aromatic carbocycles. The molecule has 3 aromatic rings. The Morgan fingerprint density at radius 3 is 2.87 bits per heavy atom. The SMILES string of the molecule is Cc1ccc(OC(F)F)c(Cn2cnc3c(cnn3C)c2=O)c1. The first-order chi connectivity index (χ1) is 11.0. The molecule has 0 saturated heterocycles. The van der Waals surface area contributed by atoms with Gasteiger partial charge in [-0.25, -0.2) is 4.98 Å². The fourth-order valence-corrected chi connectivity index (χ4v) is 2.41. The van der Waals surface area contributed by atoms with Crippen molar-refractivity contribution in [1.29, 1.82) is 0 Å². The number of rotatable bonds is 4. The van der Waals surface area contributed by atoms with Crippen LogP contribution in [0.2, 0.25) is 0 Å². The van der Waals surface area contributed by atoms with Crippen molar-refractivity contribution in [3.05, 3.63) is 52.2 Å². The van der Waals surface area contributed by atoms with Crippen LogP contribution in [0.1, 0.15) is 11.1 Å². The van der Waals surface area contributed by atoms with Gasteiger partial charge in [0.15, 0.2) is 5.65 Å². The number of fused-ring (bicyclic) bond motifs is 1. The van der Waals surface area contributed by atoms with E-state index in [1.165, 1.54) is 27.8 Å². The van der Waals surface area contributed by atoms with Crippen LogP contribution in [0, 0.1) is 6.92 Å². The minimum absolute atomic E-state index is 0.0452. The van der Waals surface area contributed by atoms with Gasteiger partial charge in [0.05, 0.1) is 12.7 Å². The van der Waals surface area contributed by atoms with Gasteiger partial charge in [-0.05, 0) is 13.0 Å². The molecule has 0 radical (unpaired) electrons. The van der Waals surface area contributed by atoms with Gasteiger partial charge in [-0.2, -0.15) is 13.9 Å². The Bertz CT molecular complexity index is 917. The number of halogens is 2. The van der Waals surface area contributed by atoms with Gasteiger partial charge in [-0.3, -0.25) is 14.0 Å². The summed E-state index contributed by atoms with van der Waals surface area (Å²) in [7, 11) is 1.69. The average Bonchev–Trinajstić information content (AvgIpc) is 2.86. The lowest BCUT2D eigenvalue weighted by Gasteiger charge is -2.12. The summed E-state index contributed by atoms with van der Waals surface area (Å²) >= 11 is 0. The number of aromatic nitrogens is 4. The second-order valence-corrected chi connectivity index (χ2v) is 5.17. The first-order valence-corrected chi connectivity index (χ1v) is 6.87. The van der Waals surface area contributed by atoms with Crippen molar-refractivity contribution in [2.24, 2.45) is 7.05 Å². The highest BCUT2D eigenvalue weighted by molar-refractivity contribution is 5.72. The van der Waals surface area contributed by atoms with Crippen LogP contribution in [-0.2, 0) is 13.6 Å². The molecule has 0 N–H and O–H groups in total. The van der Waals surface area contributed by atoms with E-state index in [2.05, 4.69) is 14.8 Å². The van der Waals surface area contributed by atoms with Crippen molar-refractivity contribution in [3.63, 3.8) is 0 Å². The molecule has 0 saturated carbocycles.